The molecule has 0 amide bonds. The molecule has 1 unspecified atom stereocenters. The Balaban J connectivity index is 2.22. The summed E-state index contributed by atoms with van der Waals surface area (Å²) in [7, 11) is 1.52. The first-order chi connectivity index (χ1) is 12.5. The quantitative estimate of drug-likeness (QED) is 0.497. The van der Waals surface area contributed by atoms with Crippen LogP contribution in [0.25, 0.3) is 0 Å². The highest BCUT2D eigenvalue weighted by Gasteiger charge is 2.16. The second kappa shape index (κ2) is 9.53. The summed E-state index contributed by atoms with van der Waals surface area (Å²) in [6, 6.07) is 14.2. The molecular formula is C19H22N2O5. The van der Waals surface area contributed by atoms with Crippen molar-refractivity contribution in [2.45, 2.75) is 31.9 Å². The van der Waals surface area contributed by atoms with Crippen molar-refractivity contribution in [3.8, 4) is 0 Å². The highest BCUT2D eigenvalue weighted by molar-refractivity contribution is 5.67. The van der Waals surface area contributed by atoms with Gasteiger partial charge in [0.05, 0.1) is 11.5 Å². The van der Waals surface area contributed by atoms with Crippen LogP contribution in [-0.2, 0) is 22.6 Å². The lowest BCUT2D eigenvalue weighted by atomic mass is 10.0. The zero-order valence-electron chi connectivity index (χ0n) is 14.6. The van der Waals surface area contributed by atoms with Crippen molar-refractivity contribution in [3.05, 3.63) is 69.8 Å². The zero-order chi connectivity index (χ0) is 18.9. The molecule has 2 rings (SSSR count). The van der Waals surface area contributed by atoms with Crippen LogP contribution in [0, 0.1) is 10.1 Å². The molecule has 26 heavy (non-hydrogen) atoms. The normalized spacial score (nSPS) is 11.7. The number of benzene rings is 2. The Kier molecular flexibility index (Phi) is 7.11. The third kappa shape index (κ3) is 5.86. The van der Waals surface area contributed by atoms with Crippen LogP contribution in [0.5, 0.6) is 0 Å². The van der Waals surface area contributed by atoms with Gasteiger partial charge in [-0.2, -0.15) is 0 Å². The maximum atomic E-state index is 11.0. The minimum Gasteiger partial charge on any atom is -0.481 e. The summed E-state index contributed by atoms with van der Waals surface area (Å²) in [4.78, 5) is 21.5. The lowest BCUT2D eigenvalue weighted by molar-refractivity contribution is -0.384. The largest absolute Gasteiger partial charge is 0.481 e. The van der Waals surface area contributed by atoms with E-state index in [1.165, 1.54) is 19.2 Å². The van der Waals surface area contributed by atoms with Crippen LogP contribution in [-0.4, -0.2) is 29.2 Å². The predicted molar refractivity (Wildman–Crippen MR) is 98.2 cm³/mol. The summed E-state index contributed by atoms with van der Waals surface area (Å²) >= 11 is 0. The van der Waals surface area contributed by atoms with Gasteiger partial charge in [0.1, 0.15) is 0 Å². The number of carboxylic acids is 1. The number of nitrogens with zero attached hydrogens (tertiary/aromatic N) is 1. The minimum absolute atomic E-state index is 0.00672. The van der Waals surface area contributed by atoms with E-state index in [2.05, 4.69) is 5.32 Å². The fraction of sp³-hybridized carbons (Fsp3) is 0.316. The van der Waals surface area contributed by atoms with Crippen LogP contribution in [0.2, 0.25) is 0 Å². The zero-order valence-corrected chi connectivity index (χ0v) is 14.6. The highest BCUT2D eigenvalue weighted by Crippen LogP contribution is 2.25. The number of nitrogens with one attached hydrogen (secondary N) is 1. The number of carboxylic acid groups (broad SMARTS) is 1. The number of anilines is 1. The summed E-state index contributed by atoms with van der Waals surface area (Å²) in [5.74, 6) is -0.856. The molecule has 0 heterocycles. The van der Waals surface area contributed by atoms with Gasteiger partial charge in [-0.3, -0.25) is 14.9 Å². The van der Waals surface area contributed by atoms with E-state index in [-0.39, 0.29) is 24.8 Å². The van der Waals surface area contributed by atoms with Gasteiger partial charge < -0.3 is 15.2 Å². The standard InChI is InChI=1S/C19H22N2O5/c1-26-13-15-12-17(21(24)25)8-9-18(15)20-16(7-10-19(22)23)11-14-5-3-2-4-6-14/h2-6,8-9,12,16,20H,7,10-11,13H2,1H3,(H,22,23). The molecule has 0 spiro atoms. The lowest BCUT2D eigenvalue weighted by Gasteiger charge is -2.21. The molecule has 1 atom stereocenters. The molecule has 0 aromatic heterocycles. The maximum Gasteiger partial charge on any atom is 0.303 e. The third-order valence-corrected chi connectivity index (χ3v) is 3.99. The number of methoxy groups -OCH3 is 1. The van der Waals surface area contributed by atoms with Gasteiger partial charge in [0.15, 0.2) is 0 Å². The maximum absolute atomic E-state index is 11.0. The van der Waals surface area contributed by atoms with Crippen molar-refractivity contribution >= 4 is 17.3 Å². The van der Waals surface area contributed by atoms with Crippen LogP contribution in [0.1, 0.15) is 24.0 Å². The van der Waals surface area contributed by atoms with E-state index in [1.54, 1.807) is 6.07 Å². The molecule has 0 saturated heterocycles. The van der Waals surface area contributed by atoms with E-state index in [0.717, 1.165) is 5.56 Å². The number of hydrogen-bond donors (Lipinski definition) is 2. The van der Waals surface area contributed by atoms with Crippen molar-refractivity contribution in [2.24, 2.45) is 0 Å². The summed E-state index contributed by atoms with van der Waals surface area (Å²) in [5, 5.41) is 23.3. The molecule has 0 fully saturated rings. The number of aliphatic carboxylic acids is 1. The van der Waals surface area contributed by atoms with Crippen LogP contribution in [0.3, 0.4) is 0 Å². The Bertz CT molecular complexity index is 749. The van der Waals surface area contributed by atoms with Crippen molar-refractivity contribution < 1.29 is 19.6 Å². The third-order valence-electron chi connectivity index (χ3n) is 3.99. The summed E-state index contributed by atoms with van der Waals surface area (Å²) in [6.45, 7) is 0.223. The van der Waals surface area contributed by atoms with Gasteiger partial charge in [-0.25, -0.2) is 0 Å². The number of ether oxygens (including phenoxy) is 1. The number of rotatable bonds is 10. The van der Waals surface area contributed by atoms with E-state index in [1.807, 2.05) is 30.3 Å². The first-order valence-electron chi connectivity index (χ1n) is 8.28. The fourth-order valence-electron chi connectivity index (χ4n) is 2.75. The second-order valence-corrected chi connectivity index (χ2v) is 5.99. The first-order valence-corrected chi connectivity index (χ1v) is 8.28. The van der Waals surface area contributed by atoms with Gasteiger partial charge >= 0.3 is 5.97 Å². The average molecular weight is 358 g/mol. The number of hydrogen-bond acceptors (Lipinski definition) is 5. The van der Waals surface area contributed by atoms with E-state index in [0.29, 0.717) is 24.1 Å². The van der Waals surface area contributed by atoms with Crippen molar-refractivity contribution in [1.82, 2.24) is 0 Å². The molecule has 0 radical (unpaired) electrons. The summed E-state index contributed by atoms with van der Waals surface area (Å²) in [6.07, 6.45) is 1.13. The molecule has 0 bridgehead atoms. The van der Waals surface area contributed by atoms with E-state index >= 15 is 0 Å². The molecule has 138 valence electrons. The molecule has 2 aromatic carbocycles. The first kappa shape index (κ1) is 19.4. The van der Waals surface area contributed by atoms with Crippen molar-refractivity contribution in [2.75, 3.05) is 12.4 Å². The van der Waals surface area contributed by atoms with Crippen LogP contribution < -0.4 is 5.32 Å². The molecule has 2 aromatic rings. The molecule has 2 N–H and O–H groups in total. The van der Waals surface area contributed by atoms with Gasteiger partial charge in [0.2, 0.25) is 0 Å². The molecular weight excluding hydrogens is 336 g/mol. The summed E-state index contributed by atoms with van der Waals surface area (Å²) in [5.41, 5.74) is 2.46. The monoisotopic (exact) mass is 358 g/mol. The molecule has 7 heteroatoms. The Morgan fingerprint density at radius 3 is 2.62 bits per heavy atom. The van der Waals surface area contributed by atoms with Crippen molar-refractivity contribution in [3.63, 3.8) is 0 Å². The van der Waals surface area contributed by atoms with Gasteiger partial charge in [-0.1, -0.05) is 30.3 Å². The van der Waals surface area contributed by atoms with E-state index in [4.69, 9.17) is 9.84 Å². The highest BCUT2D eigenvalue weighted by atomic mass is 16.6. The smallest absolute Gasteiger partial charge is 0.303 e. The molecule has 0 aliphatic heterocycles. The average Bonchev–Trinajstić information content (AvgIpc) is 2.62. The SMILES string of the molecule is COCc1cc([N+](=O)[O-])ccc1NC(CCC(=O)O)Cc1ccccc1. The number of non-ortho nitro benzene ring substituents is 1. The minimum atomic E-state index is -0.856. The molecule has 0 aliphatic carbocycles. The second-order valence-electron chi connectivity index (χ2n) is 5.99. The Morgan fingerprint density at radius 1 is 1.27 bits per heavy atom. The fourth-order valence-corrected chi connectivity index (χ4v) is 2.75. The summed E-state index contributed by atoms with van der Waals surface area (Å²) < 4.78 is 5.14. The lowest BCUT2D eigenvalue weighted by Crippen LogP contribution is -2.24. The van der Waals surface area contributed by atoms with Gasteiger partial charge in [0, 0.05) is 43.0 Å². The van der Waals surface area contributed by atoms with E-state index in [9.17, 15) is 14.9 Å². The van der Waals surface area contributed by atoms with Crippen LogP contribution in [0.4, 0.5) is 11.4 Å². The Labute approximate surface area is 151 Å². The van der Waals surface area contributed by atoms with Gasteiger partial charge in [0.25, 0.3) is 5.69 Å². The number of carbonyl (C=O) groups is 1. The molecule has 0 aliphatic rings. The number of nitro benzene ring substituents is 1. The van der Waals surface area contributed by atoms with E-state index < -0.39 is 10.9 Å². The predicted octanol–water partition coefficient (Wildman–Crippen LogP) is 3.63. The van der Waals surface area contributed by atoms with Crippen molar-refractivity contribution in [1.29, 1.82) is 0 Å². The molecule has 7 nitrogen and oxygen atoms in total. The molecule has 0 saturated carbocycles. The Morgan fingerprint density at radius 2 is 2.00 bits per heavy atom. The van der Waals surface area contributed by atoms with Gasteiger partial charge in [-0.05, 0) is 24.5 Å². The van der Waals surface area contributed by atoms with Crippen LogP contribution >= 0.6 is 0 Å². The Hall–Kier alpha value is -2.93. The van der Waals surface area contributed by atoms with Gasteiger partial charge in [-0.15, -0.1) is 0 Å². The topological polar surface area (TPSA) is 102 Å². The van der Waals surface area contributed by atoms with Crippen LogP contribution in [0.15, 0.2) is 48.5 Å². The number of nitro groups is 1.